The molecular weight excluding hydrogens is 178 g/mol. The molecule has 0 unspecified atom stereocenters. The summed E-state index contributed by atoms with van der Waals surface area (Å²) in [5, 5.41) is 12.7. The Morgan fingerprint density at radius 2 is 1.92 bits per heavy atom. The molecule has 12 heavy (non-hydrogen) atoms. The molecule has 0 saturated carbocycles. The lowest BCUT2D eigenvalue weighted by molar-refractivity contribution is -0.302. The summed E-state index contributed by atoms with van der Waals surface area (Å²) in [7, 11) is 0. The maximum atomic E-state index is 10.00. The van der Waals surface area contributed by atoms with Gasteiger partial charge in [0.05, 0.1) is 12.5 Å². The molecule has 0 aliphatic heterocycles. The fraction of sp³-hybridized carbons (Fsp3) is 0.125. The summed E-state index contributed by atoms with van der Waals surface area (Å²) in [4.78, 5) is 10.00. The third-order valence-electron chi connectivity index (χ3n) is 1.21. The molecule has 0 heterocycles. The van der Waals surface area contributed by atoms with E-state index >= 15 is 0 Å². The van der Waals surface area contributed by atoms with E-state index in [0.29, 0.717) is 0 Å². The SMILES string of the molecule is Cl.O=C([O-])CNc1ccccc1. The molecule has 0 aromatic heterocycles. The first kappa shape index (κ1) is 10.8. The number of hydrogen-bond acceptors (Lipinski definition) is 3. The molecule has 3 nitrogen and oxygen atoms in total. The first-order valence-electron chi connectivity index (χ1n) is 3.28. The number of rotatable bonds is 3. The minimum atomic E-state index is -1.10. The molecule has 1 rings (SSSR count). The minimum absolute atomic E-state index is 0. The van der Waals surface area contributed by atoms with Crippen LogP contribution in [0.4, 0.5) is 5.69 Å². The molecule has 0 amide bonds. The zero-order valence-electron chi connectivity index (χ0n) is 6.32. The fourth-order valence-corrected chi connectivity index (χ4v) is 0.730. The lowest BCUT2D eigenvalue weighted by Gasteiger charge is -2.05. The monoisotopic (exact) mass is 186 g/mol. The molecule has 66 valence electrons. The minimum Gasteiger partial charge on any atom is -0.548 e. The number of carboxylic acid groups (broad SMARTS) is 1. The molecule has 0 aliphatic carbocycles. The Bertz CT molecular complexity index is 238. The van der Waals surface area contributed by atoms with E-state index in [-0.39, 0.29) is 19.0 Å². The van der Waals surface area contributed by atoms with Gasteiger partial charge in [-0.05, 0) is 12.1 Å². The summed E-state index contributed by atoms with van der Waals surface area (Å²) < 4.78 is 0. The molecule has 0 radical (unpaired) electrons. The molecule has 0 bridgehead atoms. The predicted molar refractivity (Wildman–Crippen MR) is 47.2 cm³/mol. The number of halogens is 1. The molecule has 0 saturated heterocycles. The van der Waals surface area contributed by atoms with Gasteiger partial charge in [0.1, 0.15) is 0 Å². The summed E-state index contributed by atoms with van der Waals surface area (Å²) in [5.74, 6) is -1.10. The van der Waals surface area contributed by atoms with Crippen molar-refractivity contribution in [2.45, 2.75) is 0 Å². The van der Waals surface area contributed by atoms with Crippen LogP contribution in [-0.2, 0) is 4.79 Å². The lowest BCUT2D eigenvalue weighted by atomic mass is 10.3. The maximum Gasteiger partial charge on any atom is 0.0605 e. The van der Waals surface area contributed by atoms with Crippen molar-refractivity contribution in [1.82, 2.24) is 0 Å². The van der Waals surface area contributed by atoms with E-state index in [2.05, 4.69) is 5.32 Å². The van der Waals surface area contributed by atoms with Crippen molar-refractivity contribution in [2.75, 3.05) is 11.9 Å². The first-order chi connectivity index (χ1) is 5.29. The van der Waals surface area contributed by atoms with Gasteiger partial charge >= 0.3 is 0 Å². The summed E-state index contributed by atoms with van der Waals surface area (Å²) in [5.41, 5.74) is 0.789. The van der Waals surface area contributed by atoms with Crippen LogP contribution in [0.3, 0.4) is 0 Å². The Morgan fingerprint density at radius 1 is 1.33 bits per heavy atom. The number of nitrogens with one attached hydrogen (secondary N) is 1. The standard InChI is InChI=1S/C8H9NO2.ClH/c10-8(11)6-9-7-4-2-1-3-5-7;/h1-5,9H,6H2,(H,10,11);1H/p-1. The number of benzene rings is 1. The van der Waals surface area contributed by atoms with Gasteiger partial charge in [0.25, 0.3) is 0 Å². The highest BCUT2D eigenvalue weighted by Gasteiger charge is 1.87. The van der Waals surface area contributed by atoms with Crippen LogP contribution in [0.25, 0.3) is 0 Å². The molecule has 0 atom stereocenters. The summed E-state index contributed by atoms with van der Waals surface area (Å²) in [6.07, 6.45) is 0. The van der Waals surface area contributed by atoms with Crippen molar-refractivity contribution in [1.29, 1.82) is 0 Å². The van der Waals surface area contributed by atoms with Gasteiger partial charge in [0, 0.05) is 5.69 Å². The zero-order valence-corrected chi connectivity index (χ0v) is 7.14. The predicted octanol–water partition coefficient (Wildman–Crippen LogP) is 0.270. The normalized spacial score (nSPS) is 8.33. The molecule has 0 spiro atoms. The van der Waals surface area contributed by atoms with Crippen LogP contribution in [0, 0.1) is 0 Å². The average molecular weight is 187 g/mol. The Labute approximate surface area is 76.8 Å². The van der Waals surface area contributed by atoms with Crippen LogP contribution in [0.2, 0.25) is 0 Å². The van der Waals surface area contributed by atoms with Crippen LogP contribution in [0.1, 0.15) is 0 Å². The molecule has 0 fully saturated rings. The quantitative estimate of drug-likeness (QED) is 0.738. The van der Waals surface area contributed by atoms with E-state index in [4.69, 9.17) is 0 Å². The number of aliphatic carboxylic acids is 1. The van der Waals surface area contributed by atoms with Crippen LogP contribution in [0.5, 0.6) is 0 Å². The van der Waals surface area contributed by atoms with Crippen molar-refractivity contribution < 1.29 is 9.90 Å². The lowest BCUT2D eigenvalue weighted by Crippen LogP contribution is -2.30. The Kier molecular flexibility index (Phi) is 4.88. The van der Waals surface area contributed by atoms with Crippen LogP contribution < -0.4 is 10.4 Å². The van der Waals surface area contributed by atoms with Crippen molar-refractivity contribution in [3.63, 3.8) is 0 Å². The van der Waals surface area contributed by atoms with Gasteiger partial charge in [-0.25, -0.2) is 0 Å². The molecule has 1 aromatic carbocycles. The second-order valence-electron chi connectivity index (χ2n) is 2.09. The highest BCUT2D eigenvalue weighted by Crippen LogP contribution is 2.02. The molecular formula is C8H9ClNO2-. The van der Waals surface area contributed by atoms with E-state index in [1.807, 2.05) is 18.2 Å². The number of carbonyl (C=O) groups excluding carboxylic acids is 1. The topological polar surface area (TPSA) is 52.2 Å². The van der Waals surface area contributed by atoms with Crippen LogP contribution in [0.15, 0.2) is 30.3 Å². The maximum absolute atomic E-state index is 10.00. The van der Waals surface area contributed by atoms with Gasteiger partial charge in [0.2, 0.25) is 0 Å². The summed E-state index contributed by atoms with van der Waals surface area (Å²) in [6, 6.07) is 9.12. The molecule has 0 aliphatic rings. The Morgan fingerprint density at radius 3 is 2.42 bits per heavy atom. The Hall–Kier alpha value is -1.22. The highest BCUT2D eigenvalue weighted by molar-refractivity contribution is 5.85. The average Bonchev–Trinajstić information content (AvgIpc) is 2.03. The number of hydrogen-bond donors (Lipinski definition) is 1. The Balaban J connectivity index is 0.00000121. The molecule has 1 N–H and O–H groups in total. The third kappa shape index (κ3) is 3.83. The van der Waals surface area contributed by atoms with E-state index in [0.717, 1.165) is 5.69 Å². The van der Waals surface area contributed by atoms with Gasteiger partial charge in [-0.2, -0.15) is 0 Å². The van der Waals surface area contributed by atoms with E-state index in [9.17, 15) is 9.90 Å². The summed E-state index contributed by atoms with van der Waals surface area (Å²) in [6.45, 7) is -0.149. The number of carbonyl (C=O) groups is 1. The van der Waals surface area contributed by atoms with Gasteiger partial charge in [0.15, 0.2) is 0 Å². The van der Waals surface area contributed by atoms with Gasteiger partial charge < -0.3 is 15.2 Å². The van der Waals surface area contributed by atoms with Crippen molar-refractivity contribution in [3.8, 4) is 0 Å². The van der Waals surface area contributed by atoms with E-state index in [1.165, 1.54) is 0 Å². The van der Waals surface area contributed by atoms with Crippen molar-refractivity contribution >= 4 is 24.1 Å². The van der Waals surface area contributed by atoms with Crippen molar-refractivity contribution in [3.05, 3.63) is 30.3 Å². The zero-order chi connectivity index (χ0) is 8.10. The van der Waals surface area contributed by atoms with Gasteiger partial charge in [-0.15, -0.1) is 12.4 Å². The van der Waals surface area contributed by atoms with E-state index in [1.54, 1.807) is 12.1 Å². The van der Waals surface area contributed by atoms with Crippen molar-refractivity contribution in [2.24, 2.45) is 0 Å². The van der Waals surface area contributed by atoms with Gasteiger partial charge in [-0.1, -0.05) is 18.2 Å². The third-order valence-corrected chi connectivity index (χ3v) is 1.21. The second-order valence-corrected chi connectivity index (χ2v) is 2.09. The largest absolute Gasteiger partial charge is 0.548 e. The first-order valence-corrected chi connectivity index (χ1v) is 3.28. The van der Waals surface area contributed by atoms with E-state index < -0.39 is 5.97 Å². The van der Waals surface area contributed by atoms with Crippen LogP contribution >= 0.6 is 12.4 Å². The highest BCUT2D eigenvalue weighted by atomic mass is 35.5. The fourth-order valence-electron chi connectivity index (χ4n) is 0.730. The number of carboxylic acids is 1. The number of anilines is 1. The smallest absolute Gasteiger partial charge is 0.0605 e. The summed E-state index contributed by atoms with van der Waals surface area (Å²) >= 11 is 0. The second kappa shape index (κ2) is 5.43. The van der Waals surface area contributed by atoms with Gasteiger partial charge in [-0.3, -0.25) is 0 Å². The molecule has 4 heteroatoms. The number of para-hydroxylation sites is 1. The van der Waals surface area contributed by atoms with Crippen LogP contribution in [-0.4, -0.2) is 12.5 Å². The molecule has 1 aromatic rings.